The fourth-order valence-electron chi connectivity index (χ4n) is 10.8. The molecule has 0 aliphatic rings. The van der Waals surface area contributed by atoms with Crippen molar-refractivity contribution >= 4 is 87.5 Å². The Balaban J connectivity index is 0.000000623. The number of nitrogens with zero attached hydrogens (tertiary/aromatic N) is 16. The highest BCUT2D eigenvalue weighted by molar-refractivity contribution is 5.87. The molecule has 13 aromatic heterocycles. The lowest BCUT2D eigenvalue weighted by Gasteiger charge is -2.02. The normalized spacial score (nSPS) is 9.43. The third kappa shape index (κ3) is 30.4. The molecule has 13 heterocycles. The first-order valence-electron chi connectivity index (χ1n) is 39.7. The van der Waals surface area contributed by atoms with Gasteiger partial charge in [0.25, 0.3) is 0 Å². The molecule has 16 aromatic rings. The van der Waals surface area contributed by atoms with Crippen molar-refractivity contribution in [3.63, 3.8) is 0 Å². The zero-order valence-corrected chi connectivity index (χ0v) is 73.6. The highest BCUT2D eigenvalue weighted by Gasteiger charge is 2.06. The van der Waals surface area contributed by atoms with Crippen molar-refractivity contribution in [3.8, 4) is 0 Å². The molecule has 16 rings (SSSR count). The van der Waals surface area contributed by atoms with Crippen LogP contribution in [-0.2, 0) is 0 Å². The SMILES string of the molecule is CC.CC.CC.CC.CC.CC.CC.CC.Cc1cc2c(C)ccnc2cn1.Cc1ccc2nccc(C)c2n1.Cc1cccc2ncnc(C)c12.Cc1ccnc2ccnc(C)c12.Cc1cnc2cccc(C)c2n1.Cc1cnc2nccc(C)c2c1.Cc1cncc2ccnc(C)c12.Cc1ncc2cccc(C)c2n1. The number of aryl methyl sites for hydroxylation is 16. The van der Waals surface area contributed by atoms with Gasteiger partial charge in [-0.3, -0.25) is 44.9 Å². The molecule has 0 bridgehead atoms. The predicted octanol–water partition coefficient (Wildman–Crippen LogP) is 26.2. The number of aromatic nitrogens is 16. The Morgan fingerprint density at radius 3 is 1.32 bits per heavy atom. The van der Waals surface area contributed by atoms with Crippen molar-refractivity contribution in [3.05, 3.63) is 286 Å². The van der Waals surface area contributed by atoms with Crippen LogP contribution in [0.5, 0.6) is 0 Å². The number of hydrogen-bond donors (Lipinski definition) is 0. The van der Waals surface area contributed by atoms with Gasteiger partial charge in [0.15, 0.2) is 5.65 Å². The smallest absolute Gasteiger partial charge is 0.159 e. The second-order valence-electron chi connectivity index (χ2n) is 23.6. The minimum absolute atomic E-state index is 0.830. The molecule has 0 fully saturated rings. The zero-order chi connectivity index (χ0) is 84.4. The third-order valence-corrected chi connectivity index (χ3v) is 15.8. The van der Waals surface area contributed by atoms with Gasteiger partial charge in [-0.15, -0.1) is 0 Å². The van der Waals surface area contributed by atoms with Gasteiger partial charge in [-0.2, -0.15) is 0 Å². The van der Waals surface area contributed by atoms with E-state index in [9.17, 15) is 0 Å². The van der Waals surface area contributed by atoms with Gasteiger partial charge in [-0.1, -0.05) is 153 Å². The molecule has 0 unspecified atom stereocenters. The molecule has 16 heteroatoms. The molecule has 0 radical (unpaired) electrons. The molecule has 16 nitrogen and oxygen atoms in total. The lowest BCUT2D eigenvalue weighted by molar-refractivity contribution is 1.09. The van der Waals surface area contributed by atoms with E-state index in [4.69, 9.17) is 0 Å². The molecule has 112 heavy (non-hydrogen) atoms. The van der Waals surface area contributed by atoms with Crippen LogP contribution in [0.4, 0.5) is 0 Å². The van der Waals surface area contributed by atoms with Gasteiger partial charge in [0.05, 0.1) is 56.0 Å². The number of rotatable bonds is 0. The van der Waals surface area contributed by atoms with Crippen LogP contribution in [0.2, 0.25) is 0 Å². The average molecular weight is 1510 g/mol. The van der Waals surface area contributed by atoms with Crippen LogP contribution in [0.3, 0.4) is 0 Å². The molecule has 592 valence electrons. The lowest BCUT2D eigenvalue weighted by atomic mass is 10.1. The summed E-state index contributed by atoms with van der Waals surface area (Å²) in [7, 11) is 0. The van der Waals surface area contributed by atoms with E-state index in [1.807, 2.05) is 307 Å². The van der Waals surface area contributed by atoms with Gasteiger partial charge in [0.1, 0.15) is 12.2 Å². The van der Waals surface area contributed by atoms with Gasteiger partial charge in [-0.05, 0) is 234 Å². The summed E-state index contributed by atoms with van der Waals surface area (Å²) in [6, 6.07) is 38.4. The molecule has 0 atom stereocenters. The van der Waals surface area contributed by atoms with Crippen molar-refractivity contribution in [1.29, 1.82) is 0 Å². The summed E-state index contributed by atoms with van der Waals surface area (Å²) in [5.41, 5.74) is 26.0. The molecule has 0 saturated carbocycles. The summed E-state index contributed by atoms with van der Waals surface area (Å²) in [6.07, 6.45) is 23.5. The van der Waals surface area contributed by atoms with Crippen molar-refractivity contribution in [2.24, 2.45) is 0 Å². The molecule has 3 aromatic carbocycles. The van der Waals surface area contributed by atoms with E-state index in [0.717, 1.165) is 101 Å². The van der Waals surface area contributed by atoms with Crippen molar-refractivity contribution in [2.45, 2.75) is 222 Å². The molecule has 0 aliphatic heterocycles. The minimum Gasteiger partial charge on any atom is -0.264 e. The summed E-state index contributed by atoms with van der Waals surface area (Å²) in [5, 5.41) is 8.22. The van der Waals surface area contributed by atoms with Crippen LogP contribution >= 0.6 is 0 Å². The number of benzene rings is 3. The van der Waals surface area contributed by atoms with E-state index in [1.165, 1.54) is 77.0 Å². The van der Waals surface area contributed by atoms with Gasteiger partial charge >= 0.3 is 0 Å². The first-order valence-corrected chi connectivity index (χ1v) is 39.7. The van der Waals surface area contributed by atoms with Crippen LogP contribution in [0, 0.1) is 111 Å². The largest absolute Gasteiger partial charge is 0.264 e. The number of pyridine rings is 10. The molecule has 0 N–H and O–H groups in total. The van der Waals surface area contributed by atoms with E-state index in [0.29, 0.717) is 0 Å². The maximum absolute atomic E-state index is 4.41. The zero-order valence-electron chi connectivity index (χ0n) is 73.6. The summed E-state index contributed by atoms with van der Waals surface area (Å²) in [5.74, 6) is 0.830. The summed E-state index contributed by atoms with van der Waals surface area (Å²) in [6.45, 7) is 64.5. The van der Waals surface area contributed by atoms with Gasteiger partial charge < -0.3 is 0 Å². The minimum atomic E-state index is 0.830. The molecular weight excluding hydrogens is 1380 g/mol. The van der Waals surface area contributed by atoms with E-state index in [2.05, 4.69) is 165 Å². The van der Waals surface area contributed by atoms with E-state index >= 15 is 0 Å². The molecule has 0 spiro atoms. The maximum Gasteiger partial charge on any atom is 0.159 e. The van der Waals surface area contributed by atoms with Crippen molar-refractivity contribution in [1.82, 2.24) is 79.7 Å². The second kappa shape index (κ2) is 55.0. The highest BCUT2D eigenvalue weighted by Crippen LogP contribution is 2.23. The third-order valence-electron chi connectivity index (χ3n) is 15.8. The monoisotopic (exact) mass is 1510 g/mol. The standard InChI is InChI=1S/8C10H10N2.8C2H6/c1-7-3-5-12-9-4-6-11-8(2)10(7)9;1-7-5-11-6-9-3-4-12-8(2)10(7)9;1-7-5-9-8(2)3-4-11-10(9)12-6-7;1-7-3-4-11-10-6-12-8(2)5-9(7)10;1-7-5-6-11-9-4-3-8(2)12-10(7)9;1-7-4-3-5-9-10(7)8(2)11-6-12-9;1-7-4-3-5-9-6-11-8(2)12-10(7)9;1-7-4-3-5-9-10(7)12-8(2)6-11-9;8*1-2/h8*3-6H,1-2H3;8*1-2H3. The number of fused-ring (bicyclic) bond motifs is 8. The van der Waals surface area contributed by atoms with Crippen LogP contribution < -0.4 is 0 Å². The molecular formula is C96H128N16. The first-order chi connectivity index (χ1) is 54.2. The Kier molecular flexibility index (Phi) is 48.3. The predicted molar refractivity (Wildman–Crippen MR) is 483 cm³/mol. The van der Waals surface area contributed by atoms with Crippen molar-refractivity contribution in [2.75, 3.05) is 0 Å². The summed E-state index contributed by atoms with van der Waals surface area (Å²) in [4.78, 5) is 67.8. The van der Waals surface area contributed by atoms with E-state index in [-0.39, 0.29) is 0 Å². The Hall–Kier alpha value is -11.5. The van der Waals surface area contributed by atoms with Gasteiger partial charge in [-0.25, -0.2) is 34.9 Å². The van der Waals surface area contributed by atoms with E-state index < -0.39 is 0 Å². The average Bonchev–Trinajstić information content (AvgIpc) is 0.816. The second-order valence-corrected chi connectivity index (χ2v) is 23.6. The van der Waals surface area contributed by atoms with Gasteiger partial charge in [0, 0.05) is 134 Å². The Bertz CT molecular complexity index is 4580. The Morgan fingerprint density at radius 2 is 0.705 bits per heavy atom. The van der Waals surface area contributed by atoms with Gasteiger partial charge in [0.2, 0.25) is 0 Å². The van der Waals surface area contributed by atoms with Crippen LogP contribution in [-0.4, -0.2) is 79.7 Å². The Labute approximate surface area is 671 Å². The lowest BCUT2D eigenvalue weighted by Crippen LogP contribution is -1.89. The highest BCUT2D eigenvalue weighted by atomic mass is 14.9. The quantitative estimate of drug-likeness (QED) is 0.138. The fourth-order valence-corrected chi connectivity index (χ4v) is 10.8. The first kappa shape index (κ1) is 98.5. The number of para-hydroxylation sites is 2. The number of hydrogen-bond acceptors (Lipinski definition) is 16. The molecule has 0 saturated heterocycles. The van der Waals surface area contributed by atoms with Crippen molar-refractivity contribution < 1.29 is 0 Å². The fraction of sp³-hybridized carbons (Fsp3) is 0.333. The molecule has 0 amide bonds. The summed E-state index contributed by atoms with van der Waals surface area (Å²) >= 11 is 0. The van der Waals surface area contributed by atoms with Crippen LogP contribution in [0.25, 0.3) is 87.5 Å². The maximum atomic E-state index is 4.41. The van der Waals surface area contributed by atoms with E-state index in [1.54, 1.807) is 24.9 Å². The summed E-state index contributed by atoms with van der Waals surface area (Å²) < 4.78 is 0. The van der Waals surface area contributed by atoms with Crippen LogP contribution in [0.15, 0.2) is 196 Å². The topological polar surface area (TPSA) is 206 Å². The van der Waals surface area contributed by atoms with Crippen LogP contribution in [0.1, 0.15) is 201 Å². The Morgan fingerprint density at radius 1 is 0.232 bits per heavy atom. The molecule has 0 aliphatic carbocycles.